The van der Waals surface area contributed by atoms with Crippen LogP contribution in [0.15, 0.2) is 54.6 Å². The number of rotatable bonds is 4. The van der Waals surface area contributed by atoms with Crippen LogP contribution in [0.1, 0.15) is 5.56 Å². The lowest BCUT2D eigenvalue weighted by Gasteiger charge is -2.05. The van der Waals surface area contributed by atoms with Gasteiger partial charge in [0.1, 0.15) is 5.75 Å². The van der Waals surface area contributed by atoms with Gasteiger partial charge in [0.05, 0.1) is 18.5 Å². The smallest absolute Gasteiger partial charge is 0.248 e. The molecule has 0 heterocycles. The highest BCUT2D eigenvalue weighted by molar-refractivity contribution is 6.03. The van der Waals surface area contributed by atoms with E-state index in [0.717, 1.165) is 11.3 Å². The van der Waals surface area contributed by atoms with Gasteiger partial charge in [0.25, 0.3) is 0 Å². The lowest BCUT2D eigenvalue weighted by atomic mass is 10.2. The number of hydrogen-bond donors (Lipinski definition) is 2. The molecule has 0 radical (unpaired) electrons. The molecule has 0 atom stereocenters. The standard InChI is InChI=1S/C16H16N2O2/c1-20-13-6-4-5-12(11-13)9-10-16(19)18-15-8-3-2-7-14(15)17/h2-11H,17H2,1H3,(H,18,19)/b10-9+. The number of hydrogen-bond acceptors (Lipinski definition) is 3. The van der Waals surface area contributed by atoms with Gasteiger partial charge in [0, 0.05) is 6.08 Å². The summed E-state index contributed by atoms with van der Waals surface area (Å²) in [6.07, 6.45) is 3.18. The zero-order valence-corrected chi connectivity index (χ0v) is 11.2. The fourth-order valence-electron chi connectivity index (χ4n) is 1.70. The Morgan fingerprint density at radius 2 is 2.00 bits per heavy atom. The zero-order chi connectivity index (χ0) is 14.4. The van der Waals surface area contributed by atoms with Crippen LogP contribution in [0.5, 0.6) is 5.75 Å². The fourth-order valence-corrected chi connectivity index (χ4v) is 1.70. The average Bonchev–Trinajstić information content (AvgIpc) is 2.48. The van der Waals surface area contributed by atoms with Crippen molar-refractivity contribution < 1.29 is 9.53 Å². The lowest BCUT2D eigenvalue weighted by molar-refractivity contribution is -0.111. The van der Waals surface area contributed by atoms with Gasteiger partial charge in [0.15, 0.2) is 0 Å². The molecule has 0 saturated heterocycles. The third-order valence-electron chi connectivity index (χ3n) is 2.74. The van der Waals surface area contributed by atoms with E-state index < -0.39 is 0 Å². The normalized spacial score (nSPS) is 10.4. The molecule has 0 saturated carbocycles. The van der Waals surface area contributed by atoms with Crippen molar-refractivity contribution in [3.05, 3.63) is 60.2 Å². The molecule has 102 valence electrons. The Bertz CT molecular complexity index is 636. The van der Waals surface area contributed by atoms with E-state index in [4.69, 9.17) is 10.5 Å². The van der Waals surface area contributed by atoms with Crippen molar-refractivity contribution in [1.82, 2.24) is 0 Å². The van der Waals surface area contributed by atoms with E-state index in [1.807, 2.05) is 36.4 Å². The topological polar surface area (TPSA) is 64.3 Å². The second-order valence-electron chi connectivity index (χ2n) is 4.19. The number of para-hydroxylation sites is 2. The predicted octanol–water partition coefficient (Wildman–Crippen LogP) is 2.93. The Balaban J connectivity index is 2.04. The van der Waals surface area contributed by atoms with Crippen molar-refractivity contribution in [3.8, 4) is 5.75 Å². The Morgan fingerprint density at radius 1 is 1.20 bits per heavy atom. The van der Waals surface area contributed by atoms with E-state index >= 15 is 0 Å². The van der Waals surface area contributed by atoms with Gasteiger partial charge in [-0.1, -0.05) is 24.3 Å². The predicted molar refractivity (Wildman–Crippen MR) is 81.5 cm³/mol. The van der Waals surface area contributed by atoms with E-state index in [1.54, 1.807) is 25.3 Å². The number of nitrogens with two attached hydrogens (primary N) is 1. The average molecular weight is 268 g/mol. The summed E-state index contributed by atoms with van der Waals surface area (Å²) in [5.74, 6) is 0.519. The zero-order valence-electron chi connectivity index (χ0n) is 11.2. The van der Waals surface area contributed by atoms with Crippen molar-refractivity contribution in [1.29, 1.82) is 0 Å². The summed E-state index contributed by atoms with van der Waals surface area (Å²) in [6, 6.07) is 14.6. The largest absolute Gasteiger partial charge is 0.497 e. The van der Waals surface area contributed by atoms with Gasteiger partial charge in [-0.3, -0.25) is 4.79 Å². The highest BCUT2D eigenvalue weighted by Gasteiger charge is 2.01. The van der Waals surface area contributed by atoms with Gasteiger partial charge in [-0.2, -0.15) is 0 Å². The van der Waals surface area contributed by atoms with Crippen LogP contribution in [-0.4, -0.2) is 13.0 Å². The number of benzene rings is 2. The first-order valence-electron chi connectivity index (χ1n) is 6.16. The summed E-state index contributed by atoms with van der Waals surface area (Å²) in [6.45, 7) is 0. The fraction of sp³-hybridized carbons (Fsp3) is 0.0625. The maximum atomic E-state index is 11.8. The molecule has 0 aliphatic heterocycles. The van der Waals surface area contributed by atoms with Gasteiger partial charge >= 0.3 is 0 Å². The van der Waals surface area contributed by atoms with Crippen molar-refractivity contribution in [3.63, 3.8) is 0 Å². The first-order valence-corrected chi connectivity index (χ1v) is 6.16. The molecule has 4 nitrogen and oxygen atoms in total. The molecule has 2 aromatic rings. The van der Waals surface area contributed by atoms with Gasteiger partial charge in [-0.15, -0.1) is 0 Å². The monoisotopic (exact) mass is 268 g/mol. The molecule has 0 aliphatic rings. The molecule has 1 amide bonds. The van der Waals surface area contributed by atoms with Crippen molar-refractivity contribution >= 4 is 23.4 Å². The van der Waals surface area contributed by atoms with E-state index in [9.17, 15) is 4.79 Å². The number of nitrogens with one attached hydrogen (secondary N) is 1. The molecule has 2 rings (SSSR count). The SMILES string of the molecule is COc1cccc(/C=C/C(=O)Nc2ccccc2N)c1. The van der Waals surface area contributed by atoms with Gasteiger partial charge < -0.3 is 15.8 Å². The van der Waals surface area contributed by atoms with Gasteiger partial charge in [-0.05, 0) is 35.9 Å². The molecule has 0 fully saturated rings. The molecule has 2 aromatic carbocycles. The Hall–Kier alpha value is -2.75. The van der Waals surface area contributed by atoms with Crippen LogP contribution in [0.25, 0.3) is 6.08 Å². The summed E-state index contributed by atoms with van der Waals surface area (Å²) >= 11 is 0. The van der Waals surface area contributed by atoms with Crippen molar-refractivity contribution in [2.24, 2.45) is 0 Å². The van der Waals surface area contributed by atoms with Crippen molar-refractivity contribution in [2.75, 3.05) is 18.2 Å². The summed E-state index contributed by atoms with van der Waals surface area (Å²) in [5.41, 5.74) is 7.79. The van der Waals surface area contributed by atoms with Gasteiger partial charge in [-0.25, -0.2) is 0 Å². The molecule has 0 aliphatic carbocycles. The third kappa shape index (κ3) is 3.62. The number of ether oxygens (including phenoxy) is 1. The van der Waals surface area contributed by atoms with Crippen molar-refractivity contribution in [2.45, 2.75) is 0 Å². The minimum atomic E-state index is -0.231. The molecule has 0 aromatic heterocycles. The van der Waals surface area contributed by atoms with Crippen LogP contribution in [0.3, 0.4) is 0 Å². The molecule has 4 heteroatoms. The van der Waals surface area contributed by atoms with Crippen LogP contribution in [0.2, 0.25) is 0 Å². The maximum Gasteiger partial charge on any atom is 0.248 e. The summed E-state index contributed by atoms with van der Waals surface area (Å²) in [7, 11) is 1.60. The molecular formula is C16H16N2O2. The van der Waals surface area contributed by atoms with Gasteiger partial charge in [0.2, 0.25) is 5.91 Å². The number of nitrogen functional groups attached to an aromatic ring is 1. The highest BCUT2D eigenvalue weighted by atomic mass is 16.5. The van der Waals surface area contributed by atoms with Crippen LogP contribution >= 0.6 is 0 Å². The molecule has 0 unspecified atom stereocenters. The first kappa shape index (κ1) is 13.7. The van der Waals surface area contributed by atoms with Crippen LogP contribution < -0.4 is 15.8 Å². The Morgan fingerprint density at radius 3 is 2.75 bits per heavy atom. The van der Waals surface area contributed by atoms with E-state index in [0.29, 0.717) is 11.4 Å². The van der Waals surface area contributed by atoms with E-state index in [-0.39, 0.29) is 5.91 Å². The summed E-state index contributed by atoms with van der Waals surface area (Å²) in [5, 5.41) is 2.73. The first-order chi connectivity index (χ1) is 9.69. The molecular weight excluding hydrogens is 252 g/mol. The maximum absolute atomic E-state index is 11.8. The second kappa shape index (κ2) is 6.43. The Labute approximate surface area is 117 Å². The number of anilines is 2. The minimum absolute atomic E-state index is 0.231. The summed E-state index contributed by atoms with van der Waals surface area (Å²) in [4.78, 5) is 11.8. The minimum Gasteiger partial charge on any atom is -0.497 e. The molecule has 0 bridgehead atoms. The number of amides is 1. The number of methoxy groups -OCH3 is 1. The second-order valence-corrected chi connectivity index (χ2v) is 4.19. The summed E-state index contributed by atoms with van der Waals surface area (Å²) < 4.78 is 5.12. The Kier molecular flexibility index (Phi) is 4.39. The lowest BCUT2D eigenvalue weighted by Crippen LogP contribution is -2.09. The van der Waals surface area contributed by atoms with Crippen LogP contribution in [-0.2, 0) is 4.79 Å². The van der Waals surface area contributed by atoms with Crippen LogP contribution in [0.4, 0.5) is 11.4 Å². The molecule has 20 heavy (non-hydrogen) atoms. The highest BCUT2D eigenvalue weighted by Crippen LogP contribution is 2.17. The third-order valence-corrected chi connectivity index (χ3v) is 2.74. The van der Waals surface area contributed by atoms with E-state index in [1.165, 1.54) is 6.08 Å². The number of carbonyl (C=O) groups is 1. The molecule has 3 N–H and O–H groups in total. The molecule has 0 spiro atoms. The van der Waals surface area contributed by atoms with E-state index in [2.05, 4.69) is 5.32 Å². The van der Waals surface area contributed by atoms with Crippen LogP contribution in [0, 0.1) is 0 Å². The number of carbonyl (C=O) groups excluding carboxylic acids is 1. The quantitative estimate of drug-likeness (QED) is 0.662.